The third-order valence-electron chi connectivity index (χ3n) is 3.17. The number of ether oxygens (including phenoxy) is 1. The highest BCUT2D eigenvalue weighted by molar-refractivity contribution is 5.79. The van der Waals surface area contributed by atoms with Crippen LogP contribution >= 0.6 is 0 Å². The largest absolute Gasteiger partial charge is 0.457 e. The Morgan fingerprint density at radius 2 is 1.65 bits per heavy atom. The summed E-state index contributed by atoms with van der Waals surface area (Å²) in [6.45, 7) is 0.838. The second-order valence-electron chi connectivity index (χ2n) is 4.70. The average Bonchev–Trinajstić information content (AvgIpc) is 2.49. The third kappa shape index (κ3) is 2.91. The Balaban J connectivity index is 1.69. The van der Waals surface area contributed by atoms with Gasteiger partial charge in [0.15, 0.2) is 0 Å². The number of hydrazine groups is 1. The molecule has 0 radical (unpaired) electrons. The van der Waals surface area contributed by atoms with Crippen LogP contribution in [0.1, 0.15) is 12.8 Å². The quantitative estimate of drug-likeness (QED) is 0.930. The number of carbonyl (C=O) groups is 1. The van der Waals surface area contributed by atoms with Crippen molar-refractivity contribution in [2.75, 3.05) is 11.6 Å². The lowest BCUT2D eigenvalue weighted by atomic mass is 10.2. The first-order chi connectivity index (χ1) is 9.81. The van der Waals surface area contributed by atoms with Gasteiger partial charge >= 0.3 is 0 Å². The summed E-state index contributed by atoms with van der Waals surface area (Å²) in [5.74, 6) is 1.66. The maximum Gasteiger partial charge on any atom is 0.238 e. The zero-order valence-corrected chi connectivity index (χ0v) is 11.1. The molecular weight excluding hydrogens is 252 g/mol. The zero-order chi connectivity index (χ0) is 13.8. The number of anilines is 1. The Morgan fingerprint density at radius 1 is 0.950 bits per heavy atom. The van der Waals surface area contributed by atoms with Crippen molar-refractivity contribution in [2.45, 2.75) is 12.8 Å². The second-order valence-corrected chi connectivity index (χ2v) is 4.70. The zero-order valence-electron chi connectivity index (χ0n) is 11.1. The number of rotatable bonds is 3. The first-order valence-electron chi connectivity index (χ1n) is 6.71. The van der Waals surface area contributed by atoms with Gasteiger partial charge in [-0.25, -0.2) is 0 Å². The molecule has 0 unspecified atom stereocenters. The number of nitrogens with zero attached hydrogens (tertiary/aromatic N) is 1. The van der Waals surface area contributed by atoms with Crippen molar-refractivity contribution in [1.82, 2.24) is 5.43 Å². The van der Waals surface area contributed by atoms with Gasteiger partial charge in [-0.05, 0) is 42.8 Å². The lowest BCUT2D eigenvalue weighted by molar-refractivity contribution is -0.122. The predicted molar refractivity (Wildman–Crippen MR) is 77.7 cm³/mol. The van der Waals surface area contributed by atoms with Gasteiger partial charge in [0.05, 0.1) is 5.69 Å². The molecule has 102 valence electrons. The summed E-state index contributed by atoms with van der Waals surface area (Å²) >= 11 is 0. The predicted octanol–water partition coefficient (Wildman–Crippen LogP) is 3.11. The average molecular weight is 268 g/mol. The highest BCUT2D eigenvalue weighted by Crippen LogP contribution is 2.24. The number of amides is 1. The van der Waals surface area contributed by atoms with Crippen LogP contribution in [0.3, 0.4) is 0 Å². The standard InChI is InChI=1S/C16H16N2O2/c19-16-7-4-12-18(17-16)13-8-10-15(11-9-13)20-14-5-2-1-3-6-14/h1-3,5-6,8-11H,4,7,12H2,(H,17,19). The maximum absolute atomic E-state index is 11.4. The Morgan fingerprint density at radius 3 is 2.35 bits per heavy atom. The Hall–Kier alpha value is -2.49. The molecule has 1 saturated heterocycles. The smallest absolute Gasteiger partial charge is 0.238 e. The molecule has 20 heavy (non-hydrogen) atoms. The Bertz CT molecular complexity index is 581. The maximum atomic E-state index is 11.4. The highest BCUT2D eigenvalue weighted by Gasteiger charge is 2.15. The number of benzene rings is 2. The van der Waals surface area contributed by atoms with Crippen LogP contribution in [0.25, 0.3) is 0 Å². The van der Waals surface area contributed by atoms with Crippen LogP contribution in [0.15, 0.2) is 54.6 Å². The van der Waals surface area contributed by atoms with Gasteiger partial charge in [0.25, 0.3) is 0 Å². The van der Waals surface area contributed by atoms with Gasteiger partial charge in [0.1, 0.15) is 11.5 Å². The fraction of sp³-hybridized carbons (Fsp3) is 0.188. The molecule has 2 aromatic carbocycles. The van der Waals surface area contributed by atoms with Crippen LogP contribution in [0.4, 0.5) is 5.69 Å². The van der Waals surface area contributed by atoms with E-state index in [0.717, 1.165) is 30.2 Å². The number of carbonyl (C=O) groups excluding carboxylic acids is 1. The second kappa shape index (κ2) is 5.65. The van der Waals surface area contributed by atoms with Gasteiger partial charge < -0.3 is 4.74 Å². The molecule has 1 amide bonds. The molecule has 3 rings (SSSR count). The first-order valence-corrected chi connectivity index (χ1v) is 6.71. The minimum atomic E-state index is 0.0702. The van der Waals surface area contributed by atoms with Crippen LogP contribution in [0.5, 0.6) is 11.5 Å². The monoisotopic (exact) mass is 268 g/mol. The van der Waals surface area contributed by atoms with Gasteiger partial charge in [0.2, 0.25) is 5.91 Å². The van der Waals surface area contributed by atoms with Crippen molar-refractivity contribution in [1.29, 1.82) is 0 Å². The van der Waals surface area contributed by atoms with Gasteiger partial charge in [-0.15, -0.1) is 0 Å². The van der Waals surface area contributed by atoms with Crippen LogP contribution in [-0.4, -0.2) is 12.5 Å². The Labute approximate surface area is 117 Å². The summed E-state index contributed by atoms with van der Waals surface area (Å²) in [7, 11) is 0. The number of para-hydroxylation sites is 1. The van der Waals surface area contributed by atoms with E-state index in [1.807, 2.05) is 59.6 Å². The van der Waals surface area contributed by atoms with Crippen LogP contribution < -0.4 is 15.2 Å². The molecule has 0 atom stereocenters. The molecule has 1 aliphatic rings. The van der Waals surface area contributed by atoms with Crippen molar-refractivity contribution >= 4 is 11.6 Å². The molecular formula is C16H16N2O2. The molecule has 0 aliphatic carbocycles. The van der Waals surface area contributed by atoms with Crippen molar-refractivity contribution in [3.05, 3.63) is 54.6 Å². The Kier molecular flexibility index (Phi) is 3.54. The summed E-state index contributed by atoms with van der Waals surface area (Å²) in [5.41, 5.74) is 3.83. The highest BCUT2D eigenvalue weighted by atomic mass is 16.5. The fourth-order valence-corrected chi connectivity index (χ4v) is 2.17. The molecule has 4 heteroatoms. The van der Waals surface area contributed by atoms with E-state index in [4.69, 9.17) is 4.74 Å². The van der Waals surface area contributed by atoms with E-state index in [2.05, 4.69) is 5.43 Å². The van der Waals surface area contributed by atoms with E-state index in [0.29, 0.717) is 6.42 Å². The lowest BCUT2D eigenvalue weighted by Gasteiger charge is -2.29. The van der Waals surface area contributed by atoms with Gasteiger partial charge in [-0.3, -0.25) is 15.2 Å². The van der Waals surface area contributed by atoms with Crippen molar-refractivity contribution in [3.8, 4) is 11.5 Å². The molecule has 1 heterocycles. The number of nitrogens with one attached hydrogen (secondary N) is 1. The third-order valence-corrected chi connectivity index (χ3v) is 3.17. The number of hydrogen-bond donors (Lipinski definition) is 1. The van der Waals surface area contributed by atoms with Gasteiger partial charge in [-0.2, -0.15) is 0 Å². The summed E-state index contributed by atoms with van der Waals surface area (Å²) in [4.78, 5) is 11.4. The fourth-order valence-electron chi connectivity index (χ4n) is 2.17. The van der Waals surface area contributed by atoms with Crippen LogP contribution in [0.2, 0.25) is 0 Å². The van der Waals surface area contributed by atoms with Gasteiger partial charge in [0, 0.05) is 13.0 Å². The molecule has 4 nitrogen and oxygen atoms in total. The SMILES string of the molecule is O=C1CCCN(c2ccc(Oc3ccccc3)cc2)N1. The minimum Gasteiger partial charge on any atom is -0.457 e. The molecule has 0 saturated carbocycles. The normalized spacial score (nSPS) is 14.8. The molecule has 0 bridgehead atoms. The molecule has 0 aromatic heterocycles. The molecule has 1 fully saturated rings. The topological polar surface area (TPSA) is 41.6 Å². The van der Waals surface area contributed by atoms with E-state index in [9.17, 15) is 4.79 Å². The molecule has 1 N–H and O–H groups in total. The van der Waals surface area contributed by atoms with Gasteiger partial charge in [-0.1, -0.05) is 18.2 Å². The summed E-state index contributed by atoms with van der Waals surface area (Å²) in [5, 5.41) is 1.87. The van der Waals surface area contributed by atoms with E-state index in [1.54, 1.807) is 0 Å². The lowest BCUT2D eigenvalue weighted by Crippen LogP contribution is -2.46. The summed E-state index contributed by atoms with van der Waals surface area (Å²) in [6.07, 6.45) is 1.49. The van der Waals surface area contributed by atoms with E-state index in [-0.39, 0.29) is 5.91 Å². The summed E-state index contributed by atoms with van der Waals surface area (Å²) in [6, 6.07) is 17.4. The van der Waals surface area contributed by atoms with Crippen LogP contribution in [-0.2, 0) is 4.79 Å². The first kappa shape index (κ1) is 12.5. The van der Waals surface area contributed by atoms with Crippen molar-refractivity contribution < 1.29 is 9.53 Å². The van der Waals surface area contributed by atoms with E-state index < -0.39 is 0 Å². The minimum absolute atomic E-state index is 0.0702. The van der Waals surface area contributed by atoms with Crippen LogP contribution in [0, 0.1) is 0 Å². The number of hydrogen-bond acceptors (Lipinski definition) is 3. The van der Waals surface area contributed by atoms with E-state index >= 15 is 0 Å². The van der Waals surface area contributed by atoms with E-state index in [1.165, 1.54) is 0 Å². The summed E-state index contributed by atoms with van der Waals surface area (Å²) < 4.78 is 5.74. The molecule has 0 spiro atoms. The van der Waals surface area contributed by atoms with Crippen molar-refractivity contribution in [3.63, 3.8) is 0 Å². The molecule has 1 aliphatic heterocycles. The van der Waals surface area contributed by atoms with Crippen molar-refractivity contribution in [2.24, 2.45) is 0 Å². The molecule has 2 aromatic rings.